The number of benzene rings is 2. The molecule has 1 aromatic heterocycles. The number of amides is 3. The van der Waals surface area contributed by atoms with Crippen molar-refractivity contribution in [3.63, 3.8) is 0 Å². The molecule has 9 heteroatoms. The van der Waals surface area contributed by atoms with Crippen LogP contribution in [0.4, 0.5) is 5.69 Å². The van der Waals surface area contributed by atoms with Crippen molar-refractivity contribution in [3.8, 4) is 5.75 Å². The number of carbonyl (C=O) groups excluding carboxylic acids is 3. The molecule has 3 aromatic rings. The fourth-order valence-corrected chi connectivity index (χ4v) is 2.95. The minimum absolute atomic E-state index is 0.0327. The number of carbonyl (C=O) groups is 3. The first kappa shape index (κ1) is 22.5. The molecular formula is C23H24N4O5. The molecule has 3 rings (SSSR count). The highest BCUT2D eigenvalue weighted by atomic mass is 16.5. The molecule has 3 amide bonds. The second-order valence-corrected chi connectivity index (χ2v) is 7.09. The fraction of sp³-hybridized carbons (Fsp3) is 0.217. The first-order valence-corrected chi connectivity index (χ1v) is 9.96. The third kappa shape index (κ3) is 5.72. The highest BCUT2D eigenvalue weighted by molar-refractivity contribution is 6.09. The van der Waals surface area contributed by atoms with Gasteiger partial charge in [-0.25, -0.2) is 0 Å². The number of aryl methyl sites for hydroxylation is 2. The van der Waals surface area contributed by atoms with Crippen LogP contribution in [0.15, 0.2) is 53.1 Å². The van der Waals surface area contributed by atoms with E-state index in [1.165, 1.54) is 0 Å². The zero-order valence-electron chi connectivity index (χ0n) is 17.8. The maximum atomic E-state index is 12.7. The highest BCUT2D eigenvalue weighted by Crippen LogP contribution is 2.20. The number of rotatable bonds is 9. The molecule has 2 aromatic carbocycles. The molecule has 0 fully saturated rings. The number of ether oxygens (including phenoxy) is 1. The van der Waals surface area contributed by atoms with Crippen LogP contribution in [-0.2, 0) is 11.4 Å². The van der Waals surface area contributed by atoms with Crippen LogP contribution >= 0.6 is 0 Å². The van der Waals surface area contributed by atoms with Gasteiger partial charge in [-0.3, -0.25) is 14.4 Å². The van der Waals surface area contributed by atoms with Crippen LogP contribution in [0.3, 0.4) is 0 Å². The maximum Gasteiger partial charge on any atom is 0.255 e. The van der Waals surface area contributed by atoms with Crippen LogP contribution in [0, 0.1) is 13.8 Å². The van der Waals surface area contributed by atoms with E-state index >= 15 is 0 Å². The first-order chi connectivity index (χ1) is 15.3. The minimum atomic E-state index is -0.508. The van der Waals surface area contributed by atoms with Crippen molar-refractivity contribution in [2.75, 3.05) is 11.9 Å². The number of aromatic nitrogens is 1. The summed E-state index contributed by atoms with van der Waals surface area (Å²) in [5, 5.41) is 9.24. The number of primary amides is 1. The first-order valence-electron chi connectivity index (χ1n) is 9.96. The standard InChI is InChI=1S/C23H24N4O5/c1-14-19(15(2)32-27-14)13-31-17-9-7-16(8-10-17)22(29)26-20-6-4-3-5-18(20)23(30)25-12-11-21(24)28/h3-10H,11-13H2,1-2H3,(H2,24,28)(H,25,30)(H,26,29). The van der Waals surface area contributed by atoms with Gasteiger partial charge < -0.3 is 25.6 Å². The van der Waals surface area contributed by atoms with Gasteiger partial charge in [-0.2, -0.15) is 0 Å². The quantitative estimate of drug-likeness (QED) is 0.472. The third-order valence-corrected chi connectivity index (χ3v) is 4.76. The van der Waals surface area contributed by atoms with Crippen molar-refractivity contribution >= 4 is 23.4 Å². The fourth-order valence-electron chi connectivity index (χ4n) is 2.95. The Bertz CT molecular complexity index is 1100. The van der Waals surface area contributed by atoms with Gasteiger partial charge in [0.25, 0.3) is 11.8 Å². The molecule has 0 saturated heterocycles. The zero-order valence-corrected chi connectivity index (χ0v) is 17.8. The van der Waals surface area contributed by atoms with E-state index in [1.807, 2.05) is 13.8 Å². The number of nitrogens with zero attached hydrogens (tertiary/aromatic N) is 1. The topological polar surface area (TPSA) is 137 Å². The lowest BCUT2D eigenvalue weighted by Gasteiger charge is -2.12. The molecule has 0 atom stereocenters. The smallest absolute Gasteiger partial charge is 0.255 e. The Morgan fingerprint density at radius 3 is 2.41 bits per heavy atom. The molecule has 1 heterocycles. The molecule has 0 unspecified atom stereocenters. The van der Waals surface area contributed by atoms with Gasteiger partial charge in [0, 0.05) is 18.5 Å². The molecule has 0 aliphatic heterocycles. The van der Waals surface area contributed by atoms with Crippen molar-refractivity contribution in [1.82, 2.24) is 10.5 Å². The molecule has 0 spiro atoms. The SMILES string of the molecule is Cc1noc(C)c1COc1ccc(C(=O)Nc2ccccc2C(=O)NCCC(N)=O)cc1. The third-order valence-electron chi connectivity index (χ3n) is 4.76. The van der Waals surface area contributed by atoms with Crippen molar-refractivity contribution < 1.29 is 23.6 Å². The molecular weight excluding hydrogens is 412 g/mol. The average Bonchev–Trinajstić information content (AvgIpc) is 3.10. The second kappa shape index (κ2) is 10.3. The van der Waals surface area contributed by atoms with E-state index in [-0.39, 0.29) is 24.4 Å². The van der Waals surface area contributed by atoms with Gasteiger partial charge in [0.15, 0.2) is 0 Å². The maximum absolute atomic E-state index is 12.7. The summed E-state index contributed by atoms with van der Waals surface area (Å²) >= 11 is 0. The van der Waals surface area contributed by atoms with E-state index < -0.39 is 11.8 Å². The van der Waals surface area contributed by atoms with Gasteiger partial charge in [0.1, 0.15) is 18.1 Å². The van der Waals surface area contributed by atoms with E-state index in [4.69, 9.17) is 15.0 Å². The number of para-hydroxylation sites is 1. The van der Waals surface area contributed by atoms with Gasteiger partial charge >= 0.3 is 0 Å². The number of nitrogens with one attached hydrogen (secondary N) is 2. The summed E-state index contributed by atoms with van der Waals surface area (Å²) in [6.45, 7) is 4.09. The molecule has 0 bridgehead atoms. The van der Waals surface area contributed by atoms with Crippen LogP contribution in [0.25, 0.3) is 0 Å². The lowest BCUT2D eigenvalue weighted by molar-refractivity contribution is -0.117. The van der Waals surface area contributed by atoms with Gasteiger partial charge in [-0.15, -0.1) is 0 Å². The number of hydrogen-bond acceptors (Lipinski definition) is 6. The molecule has 0 saturated carbocycles. The summed E-state index contributed by atoms with van der Waals surface area (Å²) < 4.78 is 10.9. The van der Waals surface area contributed by atoms with E-state index in [2.05, 4.69) is 15.8 Å². The van der Waals surface area contributed by atoms with Crippen LogP contribution in [-0.4, -0.2) is 29.4 Å². The summed E-state index contributed by atoms with van der Waals surface area (Å²) in [5.41, 5.74) is 7.78. The minimum Gasteiger partial charge on any atom is -0.489 e. The van der Waals surface area contributed by atoms with Gasteiger partial charge in [-0.05, 0) is 50.2 Å². The average molecular weight is 436 g/mol. The van der Waals surface area contributed by atoms with Crippen LogP contribution in [0.1, 0.15) is 44.2 Å². The van der Waals surface area contributed by atoms with Crippen molar-refractivity contribution in [2.45, 2.75) is 26.9 Å². The molecule has 0 aliphatic rings. The van der Waals surface area contributed by atoms with Crippen molar-refractivity contribution in [3.05, 3.63) is 76.7 Å². The van der Waals surface area contributed by atoms with Gasteiger partial charge in [0.05, 0.1) is 22.5 Å². The Morgan fingerprint density at radius 2 is 1.75 bits per heavy atom. The van der Waals surface area contributed by atoms with Crippen LogP contribution < -0.4 is 21.1 Å². The zero-order chi connectivity index (χ0) is 23.1. The molecule has 9 nitrogen and oxygen atoms in total. The molecule has 4 N–H and O–H groups in total. The van der Waals surface area contributed by atoms with Crippen molar-refractivity contribution in [2.24, 2.45) is 5.73 Å². The normalized spacial score (nSPS) is 10.4. The van der Waals surface area contributed by atoms with Crippen LogP contribution in [0.5, 0.6) is 5.75 Å². The molecule has 0 radical (unpaired) electrons. The Balaban J connectivity index is 1.62. The number of hydrogen-bond donors (Lipinski definition) is 3. The summed E-state index contributed by atoms with van der Waals surface area (Å²) in [6, 6.07) is 13.3. The summed E-state index contributed by atoms with van der Waals surface area (Å²) in [6.07, 6.45) is 0.0327. The molecule has 0 aliphatic carbocycles. The molecule has 166 valence electrons. The Labute approximate surface area is 184 Å². The Hall–Kier alpha value is -4.14. The molecule has 32 heavy (non-hydrogen) atoms. The lowest BCUT2D eigenvalue weighted by atomic mass is 10.1. The predicted molar refractivity (Wildman–Crippen MR) is 117 cm³/mol. The van der Waals surface area contributed by atoms with Gasteiger partial charge in [-0.1, -0.05) is 17.3 Å². The van der Waals surface area contributed by atoms with Gasteiger partial charge in [0.2, 0.25) is 5.91 Å². The number of nitrogens with two attached hydrogens (primary N) is 1. The van der Waals surface area contributed by atoms with E-state index in [0.29, 0.717) is 29.4 Å². The van der Waals surface area contributed by atoms with E-state index in [9.17, 15) is 14.4 Å². The van der Waals surface area contributed by atoms with Crippen LogP contribution in [0.2, 0.25) is 0 Å². The monoisotopic (exact) mass is 436 g/mol. The lowest BCUT2D eigenvalue weighted by Crippen LogP contribution is -2.28. The number of anilines is 1. The van der Waals surface area contributed by atoms with E-state index in [0.717, 1.165) is 11.3 Å². The summed E-state index contributed by atoms with van der Waals surface area (Å²) in [5.74, 6) is 0.00232. The summed E-state index contributed by atoms with van der Waals surface area (Å²) in [4.78, 5) is 35.9. The Morgan fingerprint density at radius 1 is 1.03 bits per heavy atom. The van der Waals surface area contributed by atoms with Crippen molar-refractivity contribution in [1.29, 1.82) is 0 Å². The predicted octanol–water partition coefficient (Wildman–Crippen LogP) is 2.73. The van der Waals surface area contributed by atoms with E-state index in [1.54, 1.807) is 48.5 Å². The summed E-state index contributed by atoms with van der Waals surface area (Å²) in [7, 11) is 0. The largest absolute Gasteiger partial charge is 0.489 e. The highest BCUT2D eigenvalue weighted by Gasteiger charge is 2.15. The second-order valence-electron chi connectivity index (χ2n) is 7.09. The Kier molecular flexibility index (Phi) is 7.22.